The molecule has 2 N–H and O–H groups in total. The first kappa shape index (κ1) is 17.3. The van der Waals surface area contributed by atoms with Crippen LogP contribution < -0.4 is 0 Å². The zero-order valence-corrected chi connectivity index (χ0v) is 15.1. The van der Waals surface area contributed by atoms with Crippen LogP contribution in [0.4, 0.5) is 0 Å². The molecule has 0 aliphatic carbocycles. The summed E-state index contributed by atoms with van der Waals surface area (Å²) in [6.45, 7) is 10.3. The molecule has 0 saturated heterocycles. The van der Waals surface area contributed by atoms with Crippen LogP contribution in [0.5, 0.6) is 11.5 Å². The molecule has 0 amide bonds. The first-order valence-corrected chi connectivity index (χ1v) is 8.83. The predicted molar refractivity (Wildman–Crippen MR) is 90.1 cm³/mol. The summed E-state index contributed by atoms with van der Waals surface area (Å²) in [6.07, 6.45) is 0. The quantitative estimate of drug-likeness (QED) is 0.876. The second kappa shape index (κ2) is 5.57. The fraction of sp³-hybridized carbons (Fsp3) is 0.333. The largest absolute Gasteiger partial charge is 0.507 e. The van der Waals surface area contributed by atoms with Crippen molar-refractivity contribution in [2.75, 3.05) is 0 Å². The third-order valence-electron chi connectivity index (χ3n) is 4.51. The molecular formula is C18H22O4S. The zero-order valence-electron chi connectivity index (χ0n) is 14.3. The van der Waals surface area contributed by atoms with Gasteiger partial charge in [-0.1, -0.05) is 6.07 Å². The highest BCUT2D eigenvalue weighted by atomic mass is 32.2. The van der Waals surface area contributed by atoms with E-state index in [0.29, 0.717) is 22.3 Å². The fourth-order valence-electron chi connectivity index (χ4n) is 2.92. The third kappa shape index (κ3) is 2.59. The number of sulfone groups is 1. The Morgan fingerprint density at radius 3 is 1.83 bits per heavy atom. The Balaban J connectivity index is 2.88. The lowest BCUT2D eigenvalue weighted by Gasteiger charge is -2.17. The number of benzene rings is 2. The van der Waals surface area contributed by atoms with Gasteiger partial charge in [0.05, 0.1) is 4.90 Å². The summed E-state index contributed by atoms with van der Waals surface area (Å²) >= 11 is 0. The Morgan fingerprint density at radius 1 is 0.696 bits per heavy atom. The van der Waals surface area contributed by atoms with Crippen molar-refractivity contribution < 1.29 is 18.6 Å². The molecule has 0 fully saturated rings. The minimum atomic E-state index is -3.94. The van der Waals surface area contributed by atoms with Crippen LogP contribution in [-0.4, -0.2) is 18.6 Å². The molecule has 5 heteroatoms. The average molecular weight is 334 g/mol. The maximum Gasteiger partial charge on any atom is 0.210 e. The standard InChI is InChI=1S/C18H22O4S/c1-9-8-15(17(20)13(5)12(9)4)23(21,22)18-11(3)7-10(2)16(19)14(18)6/h7-8,19-20H,1-6H3. The van der Waals surface area contributed by atoms with Gasteiger partial charge in [0.15, 0.2) is 0 Å². The van der Waals surface area contributed by atoms with E-state index in [1.807, 2.05) is 13.8 Å². The van der Waals surface area contributed by atoms with Crippen molar-refractivity contribution in [2.45, 2.75) is 51.3 Å². The van der Waals surface area contributed by atoms with Crippen molar-refractivity contribution in [3.63, 3.8) is 0 Å². The van der Waals surface area contributed by atoms with Crippen LogP contribution >= 0.6 is 0 Å². The van der Waals surface area contributed by atoms with E-state index in [0.717, 1.165) is 11.1 Å². The maximum atomic E-state index is 13.1. The molecule has 0 aliphatic heterocycles. The molecule has 124 valence electrons. The average Bonchev–Trinajstić information content (AvgIpc) is 2.46. The second-order valence-corrected chi connectivity index (χ2v) is 7.96. The smallest absolute Gasteiger partial charge is 0.210 e. The van der Waals surface area contributed by atoms with E-state index in [4.69, 9.17) is 0 Å². The van der Waals surface area contributed by atoms with Gasteiger partial charge in [0.25, 0.3) is 0 Å². The summed E-state index contributed by atoms with van der Waals surface area (Å²) in [4.78, 5) is -0.0638. The van der Waals surface area contributed by atoms with E-state index in [9.17, 15) is 18.6 Å². The van der Waals surface area contributed by atoms with Gasteiger partial charge in [-0.25, -0.2) is 8.42 Å². The van der Waals surface area contributed by atoms with Gasteiger partial charge in [-0.2, -0.15) is 0 Å². The molecule has 0 atom stereocenters. The van der Waals surface area contributed by atoms with Crippen LogP contribution in [0.2, 0.25) is 0 Å². The number of phenols is 2. The summed E-state index contributed by atoms with van der Waals surface area (Å²) in [5.41, 5.74) is 3.69. The lowest BCUT2D eigenvalue weighted by molar-refractivity contribution is 0.452. The molecule has 2 aromatic rings. The van der Waals surface area contributed by atoms with Crippen LogP contribution in [0.15, 0.2) is 21.9 Å². The Hall–Kier alpha value is -2.01. The lowest BCUT2D eigenvalue weighted by atomic mass is 10.0. The number of hydrogen-bond acceptors (Lipinski definition) is 4. The highest BCUT2D eigenvalue weighted by Gasteiger charge is 2.29. The summed E-state index contributed by atoms with van der Waals surface area (Å²) in [5.74, 6) is -0.263. The minimum Gasteiger partial charge on any atom is -0.507 e. The van der Waals surface area contributed by atoms with Crippen LogP contribution in [0, 0.1) is 41.5 Å². The van der Waals surface area contributed by atoms with Gasteiger partial charge in [0.1, 0.15) is 16.4 Å². The van der Waals surface area contributed by atoms with Crippen molar-refractivity contribution >= 4 is 9.84 Å². The van der Waals surface area contributed by atoms with E-state index in [-0.39, 0.29) is 21.3 Å². The summed E-state index contributed by atoms with van der Waals surface area (Å²) < 4.78 is 26.2. The first-order valence-electron chi connectivity index (χ1n) is 7.34. The lowest BCUT2D eigenvalue weighted by Crippen LogP contribution is -2.09. The summed E-state index contributed by atoms with van der Waals surface area (Å²) in [5, 5.41) is 20.5. The van der Waals surface area contributed by atoms with Gasteiger partial charge in [-0.05, 0) is 75.4 Å². The second-order valence-electron chi connectivity index (χ2n) is 6.11. The van der Waals surface area contributed by atoms with Crippen molar-refractivity contribution in [2.24, 2.45) is 0 Å². The molecular weight excluding hydrogens is 312 g/mol. The minimum absolute atomic E-state index is 0.0331. The molecule has 0 aromatic heterocycles. The molecule has 23 heavy (non-hydrogen) atoms. The molecule has 0 aliphatic rings. The van der Waals surface area contributed by atoms with Crippen LogP contribution in [0.3, 0.4) is 0 Å². The molecule has 2 rings (SSSR count). The monoisotopic (exact) mass is 334 g/mol. The highest BCUT2D eigenvalue weighted by Crippen LogP contribution is 2.39. The van der Waals surface area contributed by atoms with Crippen molar-refractivity contribution in [3.05, 3.63) is 45.5 Å². The van der Waals surface area contributed by atoms with Gasteiger partial charge in [-0.3, -0.25) is 0 Å². The topological polar surface area (TPSA) is 74.6 Å². The fourth-order valence-corrected chi connectivity index (χ4v) is 4.86. The summed E-state index contributed by atoms with van der Waals surface area (Å²) in [7, 11) is -3.94. The van der Waals surface area contributed by atoms with E-state index in [1.165, 1.54) is 6.07 Å². The molecule has 0 heterocycles. The molecule has 4 nitrogen and oxygen atoms in total. The molecule has 2 aromatic carbocycles. The SMILES string of the molecule is Cc1cc(S(=O)(=O)c2c(C)cc(C)c(O)c2C)c(O)c(C)c1C. The molecule has 0 saturated carbocycles. The molecule has 0 radical (unpaired) electrons. The Kier molecular flexibility index (Phi) is 4.20. The number of hydrogen-bond donors (Lipinski definition) is 2. The Labute approximate surface area is 137 Å². The van der Waals surface area contributed by atoms with Gasteiger partial charge in [-0.15, -0.1) is 0 Å². The van der Waals surface area contributed by atoms with Crippen LogP contribution in [0.25, 0.3) is 0 Å². The highest BCUT2D eigenvalue weighted by molar-refractivity contribution is 7.91. The van der Waals surface area contributed by atoms with Gasteiger partial charge in [0.2, 0.25) is 9.84 Å². The van der Waals surface area contributed by atoms with E-state index >= 15 is 0 Å². The molecule has 0 unspecified atom stereocenters. The maximum absolute atomic E-state index is 13.1. The number of rotatable bonds is 2. The van der Waals surface area contributed by atoms with Gasteiger partial charge >= 0.3 is 0 Å². The van der Waals surface area contributed by atoms with Crippen molar-refractivity contribution in [1.82, 2.24) is 0 Å². The van der Waals surface area contributed by atoms with E-state index in [2.05, 4.69) is 0 Å². The van der Waals surface area contributed by atoms with E-state index < -0.39 is 9.84 Å². The van der Waals surface area contributed by atoms with E-state index in [1.54, 1.807) is 33.8 Å². The van der Waals surface area contributed by atoms with Crippen LogP contribution in [0.1, 0.15) is 33.4 Å². The van der Waals surface area contributed by atoms with Gasteiger partial charge < -0.3 is 10.2 Å². The van der Waals surface area contributed by atoms with Crippen LogP contribution in [-0.2, 0) is 9.84 Å². The number of aromatic hydroxyl groups is 2. The predicted octanol–water partition coefficient (Wildman–Crippen LogP) is 3.78. The van der Waals surface area contributed by atoms with Crippen molar-refractivity contribution in [1.29, 1.82) is 0 Å². The molecule has 0 bridgehead atoms. The first-order chi connectivity index (χ1) is 10.5. The molecule has 0 spiro atoms. The van der Waals surface area contributed by atoms with Gasteiger partial charge in [0, 0.05) is 5.56 Å². The Bertz CT molecular complexity index is 910. The number of aryl methyl sites for hydroxylation is 3. The third-order valence-corrected chi connectivity index (χ3v) is 6.56. The zero-order chi connectivity index (χ0) is 17.7. The number of phenolic OH excluding ortho intramolecular Hbond substituents is 2. The van der Waals surface area contributed by atoms with Crippen molar-refractivity contribution in [3.8, 4) is 11.5 Å². The Morgan fingerprint density at radius 2 is 1.26 bits per heavy atom. The normalized spacial score (nSPS) is 11.7. The summed E-state index contributed by atoms with van der Waals surface area (Å²) in [6, 6.07) is 3.13.